The number of nitrogens with zero attached hydrogens (tertiary/aromatic N) is 2. The number of hydrogen-bond acceptors (Lipinski definition) is 5. The fourth-order valence-corrected chi connectivity index (χ4v) is 4.99. The first-order valence-corrected chi connectivity index (χ1v) is 12.9. The molecule has 2 aromatic rings. The highest BCUT2D eigenvalue weighted by Gasteiger charge is 2.20. The number of rotatable bonds is 9. The summed E-state index contributed by atoms with van der Waals surface area (Å²) in [5.74, 6) is 0.651. The molecule has 9 heteroatoms. The van der Waals surface area contributed by atoms with Gasteiger partial charge in [-0.2, -0.15) is 0 Å². The van der Waals surface area contributed by atoms with Crippen LogP contribution in [0.25, 0.3) is 0 Å². The lowest BCUT2D eigenvalue weighted by molar-refractivity contribution is 0.463. The SMILES string of the molecule is CCNC(=NCCS(=O)(=O)NCc1ccccc1)NC1CCN(c2cccs2)CC1. The number of nitrogens with one attached hydrogen (secondary N) is 3. The van der Waals surface area contributed by atoms with E-state index in [2.05, 4.69) is 42.8 Å². The Morgan fingerprint density at radius 2 is 1.93 bits per heavy atom. The van der Waals surface area contributed by atoms with E-state index < -0.39 is 10.0 Å². The van der Waals surface area contributed by atoms with Crippen molar-refractivity contribution in [2.24, 2.45) is 4.99 Å². The first-order valence-electron chi connectivity index (χ1n) is 10.4. The number of benzene rings is 1. The molecule has 164 valence electrons. The van der Waals surface area contributed by atoms with E-state index in [1.165, 1.54) is 5.00 Å². The Kier molecular flexibility index (Phi) is 8.53. The minimum absolute atomic E-state index is 0.0345. The lowest BCUT2D eigenvalue weighted by atomic mass is 10.1. The molecular weight excluding hydrogens is 418 g/mol. The third-order valence-electron chi connectivity index (χ3n) is 4.97. The molecule has 0 aliphatic carbocycles. The monoisotopic (exact) mass is 449 g/mol. The van der Waals surface area contributed by atoms with Gasteiger partial charge in [-0.3, -0.25) is 4.99 Å². The number of hydrogen-bond donors (Lipinski definition) is 3. The predicted molar refractivity (Wildman–Crippen MR) is 126 cm³/mol. The van der Waals surface area contributed by atoms with Crippen molar-refractivity contribution in [3.63, 3.8) is 0 Å². The summed E-state index contributed by atoms with van der Waals surface area (Å²) in [6.07, 6.45) is 2.05. The molecule has 0 atom stereocenters. The van der Waals surface area contributed by atoms with E-state index in [1.54, 1.807) is 11.3 Å². The second-order valence-electron chi connectivity index (χ2n) is 7.24. The highest BCUT2D eigenvalue weighted by Crippen LogP contribution is 2.24. The van der Waals surface area contributed by atoms with Gasteiger partial charge in [0.1, 0.15) is 0 Å². The van der Waals surface area contributed by atoms with Crippen LogP contribution in [0.5, 0.6) is 0 Å². The van der Waals surface area contributed by atoms with Crippen molar-refractivity contribution < 1.29 is 8.42 Å². The zero-order valence-corrected chi connectivity index (χ0v) is 19.0. The van der Waals surface area contributed by atoms with Crippen LogP contribution in [0.4, 0.5) is 5.00 Å². The molecule has 0 amide bonds. The summed E-state index contributed by atoms with van der Waals surface area (Å²) >= 11 is 1.78. The van der Waals surface area contributed by atoms with E-state index in [0.717, 1.165) is 38.0 Å². The molecule has 1 aliphatic rings. The van der Waals surface area contributed by atoms with Crippen molar-refractivity contribution in [2.45, 2.75) is 32.4 Å². The molecule has 3 N–H and O–H groups in total. The Morgan fingerprint density at radius 1 is 1.17 bits per heavy atom. The van der Waals surface area contributed by atoms with Gasteiger partial charge in [0.2, 0.25) is 10.0 Å². The first kappa shape index (κ1) is 22.6. The summed E-state index contributed by atoms with van der Waals surface area (Å²) in [4.78, 5) is 6.89. The van der Waals surface area contributed by atoms with Crippen LogP contribution in [0.15, 0.2) is 52.8 Å². The molecule has 1 aromatic carbocycles. The van der Waals surface area contributed by atoms with Gasteiger partial charge >= 0.3 is 0 Å². The molecule has 0 saturated carbocycles. The highest BCUT2D eigenvalue weighted by molar-refractivity contribution is 7.89. The molecule has 0 unspecified atom stereocenters. The molecule has 1 saturated heterocycles. The van der Waals surface area contributed by atoms with Crippen LogP contribution in [0.2, 0.25) is 0 Å². The van der Waals surface area contributed by atoms with Crippen LogP contribution in [0.3, 0.4) is 0 Å². The second-order valence-corrected chi connectivity index (χ2v) is 10.1. The lowest BCUT2D eigenvalue weighted by Crippen LogP contribution is -2.48. The summed E-state index contributed by atoms with van der Waals surface area (Å²) in [7, 11) is -3.37. The van der Waals surface area contributed by atoms with Crippen LogP contribution in [-0.4, -0.2) is 52.4 Å². The molecular formula is C21H31N5O2S2. The Hall–Kier alpha value is -2.10. The van der Waals surface area contributed by atoms with E-state index in [9.17, 15) is 8.42 Å². The molecule has 1 aromatic heterocycles. The van der Waals surface area contributed by atoms with Crippen molar-refractivity contribution in [1.29, 1.82) is 0 Å². The smallest absolute Gasteiger partial charge is 0.213 e. The van der Waals surface area contributed by atoms with Gasteiger partial charge in [-0.15, -0.1) is 11.3 Å². The maximum atomic E-state index is 12.3. The molecule has 7 nitrogen and oxygen atoms in total. The fraction of sp³-hybridized carbons (Fsp3) is 0.476. The van der Waals surface area contributed by atoms with Gasteiger partial charge in [-0.1, -0.05) is 30.3 Å². The molecule has 1 fully saturated rings. The highest BCUT2D eigenvalue weighted by atomic mass is 32.2. The molecule has 30 heavy (non-hydrogen) atoms. The second kappa shape index (κ2) is 11.3. The zero-order chi connectivity index (χ0) is 21.2. The number of anilines is 1. The van der Waals surface area contributed by atoms with Gasteiger partial charge in [-0.25, -0.2) is 13.1 Å². The van der Waals surface area contributed by atoms with Crippen molar-refractivity contribution in [1.82, 2.24) is 15.4 Å². The Labute approximate surface area is 183 Å². The molecule has 3 rings (SSSR count). The largest absolute Gasteiger partial charge is 0.363 e. The van der Waals surface area contributed by atoms with Gasteiger partial charge in [0, 0.05) is 32.2 Å². The third-order valence-corrected chi connectivity index (χ3v) is 7.20. The maximum absolute atomic E-state index is 12.3. The minimum atomic E-state index is -3.37. The van der Waals surface area contributed by atoms with Gasteiger partial charge in [-0.05, 0) is 42.8 Å². The fourth-order valence-electron chi connectivity index (χ4n) is 3.35. The van der Waals surface area contributed by atoms with Crippen LogP contribution < -0.4 is 20.3 Å². The van der Waals surface area contributed by atoms with E-state index in [-0.39, 0.29) is 12.3 Å². The number of piperidine rings is 1. The topological polar surface area (TPSA) is 85.8 Å². The molecule has 2 heterocycles. The summed E-state index contributed by atoms with van der Waals surface area (Å²) in [5.41, 5.74) is 0.938. The third kappa shape index (κ3) is 7.30. The molecule has 0 radical (unpaired) electrons. The van der Waals surface area contributed by atoms with Crippen LogP contribution in [0, 0.1) is 0 Å². The standard InChI is InChI=1S/C21H31N5O2S2/c1-2-22-21(25-19-10-13-26(14-11-19)20-9-6-15-29-20)23-12-16-30(27,28)24-17-18-7-4-3-5-8-18/h3-9,15,19,24H,2,10-14,16-17H2,1H3,(H2,22,23,25). The zero-order valence-electron chi connectivity index (χ0n) is 17.4. The average molecular weight is 450 g/mol. The van der Waals surface area contributed by atoms with Gasteiger partial charge in [0.05, 0.1) is 17.3 Å². The van der Waals surface area contributed by atoms with Gasteiger partial charge in [0.25, 0.3) is 0 Å². The number of guanidine groups is 1. The summed E-state index contributed by atoms with van der Waals surface area (Å²) in [6.45, 7) is 5.28. The Balaban J connectivity index is 1.44. The van der Waals surface area contributed by atoms with Crippen molar-refractivity contribution in [2.75, 3.05) is 36.8 Å². The molecule has 1 aliphatic heterocycles. The van der Waals surface area contributed by atoms with Crippen molar-refractivity contribution >= 4 is 32.3 Å². The quantitative estimate of drug-likeness (QED) is 0.404. The van der Waals surface area contributed by atoms with Crippen molar-refractivity contribution in [3.05, 3.63) is 53.4 Å². The average Bonchev–Trinajstić information content (AvgIpc) is 3.29. The van der Waals surface area contributed by atoms with Gasteiger partial charge < -0.3 is 15.5 Å². The van der Waals surface area contributed by atoms with E-state index in [1.807, 2.05) is 37.3 Å². The Morgan fingerprint density at radius 3 is 2.60 bits per heavy atom. The van der Waals surface area contributed by atoms with Crippen LogP contribution >= 0.6 is 11.3 Å². The van der Waals surface area contributed by atoms with Crippen LogP contribution in [-0.2, 0) is 16.6 Å². The molecule has 0 bridgehead atoms. The lowest BCUT2D eigenvalue weighted by Gasteiger charge is -2.33. The Bertz CT molecular complexity index is 877. The summed E-state index contributed by atoms with van der Waals surface area (Å²) in [6, 6.07) is 14.1. The predicted octanol–water partition coefficient (Wildman–Crippen LogP) is 2.39. The number of thiophene rings is 1. The van der Waals surface area contributed by atoms with Gasteiger partial charge in [0.15, 0.2) is 5.96 Å². The maximum Gasteiger partial charge on any atom is 0.213 e. The van der Waals surface area contributed by atoms with Crippen molar-refractivity contribution in [3.8, 4) is 0 Å². The number of aliphatic imine (C=N–C) groups is 1. The minimum Gasteiger partial charge on any atom is -0.363 e. The van der Waals surface area contributed by atoms with Crippen LogP contribution in [0.1, 0.15) is 25.3 Å². The summed E-state index contributed by atoms with van der Waals surface area (Å²) < 4.78 is 27.2. The first-order chi connectivity index (χ1) is 14.6. The van der Waals surface area contributed by atoms with E-state index in [0.29, 0.717) is 18.5 Å². The van der Waals surface area contributed by atoms with E-state index in [4.69, 9.17) is 0 Å². The number of sulfonamides is 1. The van der Waals surface area contributed by atoms with E-state index >= 15 is 0 Å². The normalized spacial score (nSPS) is 15.9. The molecule has 0 spiro atoms. The summed E-state index contributed by atoms with van der Waals surface area (Å²) in [5, 5.41) is 10.1.